The molecule has 2 atom stereocenters. The first kappa shape index (κ1) is 28.4. The van der Waals surface area contributed by atoms with Gasteiger partial charge in [0, 0.05) is 13.0 Å². The van der Waals surface area contributed by atoms with Gasteiger partial charge >= 0.3 is 6.09 Å². The summed E-state index contributed by atoms with van der Waals surface area (Å²) < 4.78 is 15.0. The molecule has 3 heterocycles. The quantitative estimate of drug-likeness (QED) is 0.221. The second-order valence-corrected chi connectivity index (χ2v) is 17.0. The fraction of sp³-hybridized carbons (Fsp3) is 0.500. The van der Waals surface area contributed by atoms with E-state index in [-0.39, 0.29) is 36.5 Å². The SMILES string of the molecule is CC(C)(C)[Si](C)(C)O[C@H]1CCCN(C(=O)OCc2ccccc2)[C@@H]1CC(=O)Cn1cnc2nc(Br)ccc21. The van der Waals surface area contributed by atoms with Gasteiger partial charge in [-0.25, -0.2) is 14.8 Å². The lowest BCUT2D eigenvalue weighted by atomic mass is 9.95. The van der Waals surface area contributed by atoms with Crippen LogP contribution in [0.15, 0.2) is 53.4 Å². The summed E-state index contributed by atoms with van der Waals surface area (Å²) in [5.41, 5.74) is 2.29. The van der Waals surface area contributed by atoms with Gasteiger partial charge in [-0.05, 0) is 64.6 Å². The second kappa shape index (κ2) is 11.7. The van der Waals surface area contributed by atoms with E-state index in [4.69, 9.17) is 9.16 Å². The Kier molecular flexibility index (Phi) is 8.74. The number of rotatable bonds is 8. The van der Waals surface area contributed by atoms with Crippen LogP contribution in [0, 0.1) is 0 Å². The van der Waals surface area contributed by atoms with Crippen molar-refractivity contribution in [1.29, 1.82) is 0 Å². The van der Waals surface area contributed by atoms with Crippen LogP contribution >= 0.6 is 15.9 Å². The summed E-state index contributed by atoms with van der Waals surface area (Å²) >= 11 is 3.36. The number of fused-ring (bicyclic) bond motifs is 1. The van der Waals surface area contributed by atoms with E-state index in [0.29, 0.717) is 16.8 Å². The summed E-state index contributed by atoms with van der Waals surface area (Å²) in [6.07, 6.45) is 2.80. The standard InChI is InChI=1S/C28H37BrN4O4Si/c1-28(2,3)38(4,5)37-24-12-9-15-33(27(35)36-18-20-10-7-6-8-11-20)23(24)16-21(34)17-32-19-30-26-22(32)13-14-25(29)31-26/h6-8,10-11,13-14,19,23-24H,9,12,15-18H2,1-5H3/t23-,24+/m1/s1. The van der Waals surface area contributed by atoms with E-state index in [1.807, 2.05) is 47.0 Å². The molecule has 0 saturated carbocycles. The molecule has 0 aliphatic carbocycles. The molecule has 4 rings (SSSR count). The third kappa shape index (κ3) is 6.70. The van der Waals surface area contributed by atoms with Crippen molar-refractivity contribution in [2.24, 2.45) is 0 Å². The minimum absolute atomic E-state index is 0.00353. The third-order valence-electron chi connectivity index (χ3n) is 7.64. The molecule has 0 unspecified atom stereocenters. The molecule has 3 aromatic rings. The highest BCUT2D eigenvalue weighted by Crippen LogP contribution is 2.39. The Balaban J connectivity index is 1.53. The molecule has 1 amide bonds. The van der Waals surface area contributed by atoms with E-state index >= 15 is 0 Å². The summed E-state index contributed by atoms with van der Waals surface area (Å²) in [4.78, 5) is 37.2. The van der Waals surface area contributed by atoms with Crippen LogP contribution in [0.5, 0.6) is 0 Å². The lowest BCUT2D eigenvalue weighted by molar-refractivity contribution is -0.122. The van der Waals surface area contributed by atoms with Crippen molar-refractivity contribution in [2.45, 2.75) is 83.5 Å². The molecule has 0 bridgehead atoms. The molecule has 0 radical (unpaired) electrons. The number of ether oxygens (including phenoxy) is 1. The average molecular weight is 602 g/mol. The number of likely N-dealkylation sites (tertiary alicyclic amines) is 1. The molecule has 38 heavy (non-hydrogen) atoms. The molecular weight excluding hydrogens is 564 g/mol. The van der Waals surface area contributed by atoms with Gasteiger partial charge in [0.15, 0.2) is 19.7 Å². The van der Waals surface area contributed by atoms with Crippen LogP contribution in [-0.4, -0.2) is 58.3 Å². The van der Waals surface area contributed by atoms with Gasteiger partial charge in [-0.1, -0.05) is 51.1 Å². The fourth-order valence-corrected chi connectivity index (χ4v) is 6.21. The number of ketones is 1. The highest BCUT2D eigenvalue weighted by atomic mass is 79.9. The normalized spacial score (nSPS) is 18.5. The Morgan fingerprint density at radius 2 is 1.87 bits per heavy atom. The zero-order valence-electron chi connectivity index (χ0n) is 22.8. The molecular formula is C28H37BrN4O4Si. The lowest BCUT2D eigenvalue weighted by Crippen LogP contribution is -2.56. The number of hydrogen-bond acceptors (Lipinski definition) is 6. The van der Waals surface area contributed by atoms with Crippen LogP contribution in [-0.2, 0) is 27.1 Å². The number of nitrogens with zero attached hydrogens (tertiary/aromatic N) is 4. The van der Waals surface area contributed by atoms with Gasteiger partial charge in [0.2, 0.25) is 0 Å². The van der Waals surface area contributed by atoms with Crippen LogP contribution in [0.3, 0.4) is 0 Å². The molecule has 0 N–H and O–H groups in total. The van der Waals surface area contributed by atoms with Crippen molar-refractivity contribution in [1.82, 2.24) is 19.4 Å². The predicted molar refractivity (Wildman–Crippen MR) is 153 cm³/mol. The van der Waals surface area contributed by atoms with Gasteiger partial charge in [-0.15, -0.1) is 0 Å². The van der Waals surface area contributed by atoms with Gasteiger partial charge in [0.1, 0.15) is 11.2 Å². The first-order valence-electron chi connectivity index (χ1n) is 13.1. The van der Waals surface area contributed by atoms with Crippen molar-refractivity contribution in [3.63, 3.8) is 0 Å². The van der Waals surface area contributed by atoms with E-state index in [1.165, 1.54) is 0 Å². The van der Waals surface area contributed by atoms with E-state index in [2.05, 4.69) is 59.8 Å². The molecule has 1 fully saturated rings. The van der Waals surface area contributed by atoms with Crippen LogP contribution in [0.2, 0.25) is 18.1 Å². The smallest absolute Gasteiger partial charge is 0.410 e. The van der Waals surface area contributed by atoms with E-state index in [0.717, 1.165) is 23.9 Å². The van der Waals surface area contributed by atoms with Crippen LogP contribution in [0.1, 0.15) is 45.6 Å². The van der Waals surface area contributed by atoms with Gasteiger partial charge in [0.25, 0.3) is 0 Å². The number of hydrogen-bond donors (Lipinski definition) is 0. The number of amides is 1. The first-order chi connectivity index (χ1) is 17.9. The number of halogens is 1. The van der Waals surface area contributed by atoms with Crippen LogP contribution in [0.25, 0.3) is 11.2 Å². The number of carbonyl (C=O) groups is 2. The molecule has 10 heteroatoms. The molecule has 204 valence electrons. The lowest BCUT2D eigenvalue weighted by Gasteiger charge is -2.46. The molecule has 0 spiro atoms. The zero-order valence-corrected chi connectivity index (χ0v) is 25.4. The Labute approximate surface area is 234 Å². The number of Topliss-reactive ketones (excluding diaryl/α,β-unsaturated/α-hetero) is 1. The van der Waals surface area contributed by atoms with Crippen LogP contribution in [0.4, 0.5) is 4.79 Å². The van der Waals surface area contributed by atoms with Crippen molar-refractivity contribution in [2.75, 3.05) is 6.54 Å². The average Bonchev–Trinajstić information content (AvgIpc) is 3.24. The third-order valence-corrected chi connectivity index (χ3v) is 12.6. The Morgan fingerprint density at radius 3 is 2.58 bits per heavy atom. The maximum Gasteiger partial charge on any atom is 0.410 e. The fourth-order valence-electron chi connectivity index (χ4n) is 4.52. The molecule has 1 aromatic carbocycles. The maximum atomic E-state index is 13.4. The Morgan fingerprint density at radius 1 is 1.13 bits per heavy atom. The van der Waals surface area contributed by atoms with Gasteiger partial charge in [-0.3, -0.25) is 4.79 Å². The molecule has 2 aromatic heterocycles. The first-order valence-corrected chi connectivity index (χ1v) is 16.8. The van der Waals surface area contributed by atoms with E-state index < -0.39 is 20.5 Å². The topological polar surface area (TPSA) is 86.5 Å². The summed E-state index contributed by atoms with van der Waals surface area (Å²) in [6.45, 7) is 11.9. The Bertz CT molecular complexity index is 1270. The summed E-state index contributed by atoms with van der Waals surface area (Å²) in [6, 6.07) is 13.0. The number of benzene rings is 1. The second-order valence-electron chi connectivity index (χ2n) is 11.5. The monoisotopic (exact) mass is 600 g/mol. The van der Waals surface area contributed by atoms with Crippen molar-refractivity contribution < 1.29 is 18.8 Å². The van der Waals surface area contributed by atoms with Crippen molar-refractivity contribution in [3.8, 4) is 0 Å². The van der Waals surface area contributed by atoms with Gasteiger partial charge in [0.05, 0.1) is 30.5 Å². The van der Waals surface area contributed by atoms with Crippen molar-refractivity contribution in [3.05, 3.63) is 59.0 Å². The van der Waals surface area contributed by atoms with E-state index in [1.54, 1.807) is 11.2 Å². The highest BCUT2D eigenvalue weighted by molar-refractivity contribution is 9.10. The summed E-state index contributed by atoms with van der Waals surface area (Å²) in [7, 11) is -2.14. The van der Waals surface area contributed by atoms with Gasteiger partial charge < -0.3 is 18.6 Å². The minimum Gasteiger partial charge on any atom is -0.445 e. The predicted octanol–water partition coefficient (Wildman–Crippen LogP) is 6.34. The summed E-state index contributed by atoms with van der Waals surface area (Å²) in [5, 5.41) is 0.00858. The zero-order chi connectivity index (χ0) is 27.5. The number of piperidine rings is 1. The molecule has 8 nitrogen and oxygen atoms in total. The minimum atomic E-state index is -2.14. The number of pyridine rings is 1. The number of aromatic nitrogens is 3. The molecule has 1 saturated heterocycles. The van der Waals surface area contributed by atoms with Gasteiger partial charge in [-0.2, -0.15) is 0 Å². The molecule has 1 aliphatic rings. The van der Waals surface area contributed by atoms with E-state index in [9.17, 15) is 9.59 Å². The number of imidazole rings is 1. The highest BCUT2D eigenvalue weighted by Gasteiger charge is 2.44. The molecule has 1 aliphatic heterocycles. The van der Waals surface area contributed by atoms with Crippen molar-refractivity contribution >= 4 is 47.3 Å². The largest absolute Gasteiger partial charge is 0.445 e. The van der Waals surface area contributed by atoms with Crippen LogP contribution < -0.4 is 0 Å². The number of carbonyl (C=O) groups excluding carboxylic acids is 2. The Hall–Kier alpha value is -2.56. The maximum absolute atomic E-state index is 13.4. The summed E-state index contributed by atoms with van der Waals surface area (Å²) in [5.74, 6) is 0.00353.